The highest BCUT2D eigenvalue weighted by Gasteiger charge is 2.09. The van der Waals surface area contributed by atoms with E-state index in [-0.39, 0.29) is 0 Å². The fraction of sp³-hybridized carbons (Fsp3) is 0.0625. The van der Waals surface area contributed by atoms with Gasteiger partial charge >= 0.3 is 0 Å². The Morgan fingerprint density at radius 3 is 2.75 bits per heavy atom. The van der Waals surface area contributed by atoms with Crippen LogP contribution < -0.4 is 11.1 Å². The van der Waals surface area contributed by atoms with Crippen LogP contribution in [0.1, 0.15) is 15.4 Å². The average molecular weight is 424 g/mol. The number of thiazole rings is 1. The van der Waals surface area contributed by atoms with Crippen molar-refractivity contribution in [3.05, 3.63) is 62.0 Å². The molecule has 5 nitrogen and oxygen atoms in total. The smallest absolute Gasteiger partial charge is 0.250 e. The summed E-state index contributed by atoms with van der Waals surface area (Å²) in [6.45, 7) is 0.528. The summed E-state index contributed by atoms with van der Waals surface area (Å²) >= 11 is 10.8. The Morgan fingerprint density at radius 1 is 1.33 bits per heavy atom. The van der Waals surface area contributed by atoms with Crippen molar-refractivity contribution in [3.8, 4) is 11.3 Å². The molecule has 1 amide bonds. The predicted molar refractivity (Wildman–Crippen MR) is 100 cm³/mol. The van der Waals surface area contributed by atoms with E-state index in [0.29, 0.717) is 27.4 Å². The topological polar surface area (TPSA) is 80.9 Å². The van der Waals surface area contributed by atoms with Crippen molar-refractivity contribution in [2.24, 2.45) is 5.73 Å². The Morgan fingerprint density at radius 2 is 2.08 bits per heavy atom. The second-order valence-corrected chi connectivity index (χ2v) is 7.14. The van der Waals surface area contributed by atoms with Crippen LogP contribution in [-0.4, -0.2) is 15.9 Å². The van der Waals surface area contributed by atoms with Crippen molar-refractivity contribution in [1.82, 2.24) is 9.97 Å². The Balaban J connectivity index is 1.69. The van der Waals surface area contributed by atoms with E-state index in [0.717, 1.165) is 16.3 Å². The van der Waals surface area contributed by atoms with Gasteiger partial charge in [-0.15, -0.1) is 11.3 Å². The molecule has 3 rings (SSSR count). The van der Waals surface area contributed by atoms with E-state index in [1.165, 1.54) is 6.20 Å². The summed E-state index contributed by atoms with van der Waals surface area (Å²) in [5, 5.41) is 6.81. The second-order valence-electron chi connectivity index (χ2n) is 4.91. The number of hydrogen-bond acceptors (Lipinski definition) is 5. The SMILES string of the molecule is NC(=O)c1cnc(NCc2nc(-c3ccc(Cl)cc3)cs2)c(Br)c1. The van der Waals surface area contributed by atoms with Gasteiger partial charge in [-0.25, -0.2) is 9.97 Å². The maximum atomic E-state index is 11.1. The van der Waals surface area contributed by atoms with Gasteiger partial charge in [-0.05, 0) is 34.1 Å². The highest BCUT2D eigenvalue weighted by Crippen LogP contribution is 2.25. The van der Waals surface area contributed by atoms with Crippen LogP contribution >= 0.6 is 38.9 Å². The molecule has 0 aliphatic heterocycles. The Bertz CT molecular complexity index is 882. The van der Waals surface area contributed by atoms with Crippen LogP contribution in [0.15, 0.2) is 46.4 Å². The van der Waals surface area contributed by atoms with E-state index in [1.807, 2.05) is 29.6 Å². The molecule has 24 heavy (non-hydrogen) atoms. The third kappa shape index (κ3) is 3.92. The van der Waals surface area contributed by atoms with E-state index < -0.39 is 5.91 Å². The van der Waals surface area contributed by atoms with Gasteiger partial charge in [0.05, 0.1) is 22.3 Å². The minimum atomic E-state index is -0.512. The Labute approximate surface area is 156 Å². The molecule has 0 aliphatic carbocycles. The van der Waals surface area contributed by atoms with Gasteiger partial charge in [0.1, 0.15) is 10.8 Å². The first-order valence-electron chi connectivity index (χ1n) is 6.92. The minimum absolute atomic E-state index is 0.353. The number of benzene rings is 1. The molecule has 0 saturated heterocycles. The van der Waals surface area contributed by atoms with Crippen LogP contribution in [0.3, 0.4) is 0 Å². The summed E-state index contributed by atoms with van der Waals surface area (Å²) in [5.74, 6) is 0.116. The van der Waals surface area contributed by atoms with Gasteiger partial charge in [0, 0.05) is 22.2 Å². The molecule has 3 aromatic rings. The molecule has 2 heterocycles. The highest BCUT2D eigenvalue weighted by atomic mass is 79.9. The van der Waals surface area contributed by atoms with E-state index in [2.05, 4.69) is 31.2 Å². The van der Waals surface area contributed by atoms with Crippen molar-refractivity contribution in [3.63, 3.8) is 0 Å². The maximum absolute atomic E-state index is 11.1. The number of primary amides is 1. The second kappa shape index (κ2) is 7.29. The first-order chi connectivity index (χ1) is 11.5. The first-order valence-corrected chi connectivity index (χ1v) is 8.97. The third-order valence-electron chi connectivity index (χ3n) is 3.22. The lowest BCUT2D eigenvalue weighted by atomic mass is 10.2. The quantitative estimate of drug-likeness (QED) is 0.640. The van der Waals surface area contributed by atoms with Crippen molar-refractivity contribution >= 4 is 50.6 Å². The molecule has 0 spiro atoms. The summed E-state index contributed by atoms with van der Waals surface area (Å²) in [4.78, 5) is 19.9. The lowest BCUT2D eigenvalue weighted by molar-refractivity contribution is 0.1000. The molecular formula is C16H12BrClN4OS. The van der Waals surface area contributed by atoms with Crippen LogP contribution in [0.4, 0.5) is 5.82 Å². The molecule has 0 unspecified atom stereocenters. The molecule has 0 bridgehead atoms. The van der Waals surface area contributed by atoms with Gasteiger partial charge in [-0.3, -0.25) is 4.79 Å². The zero-order valence-electron chi connectivity index (χ0n) is 12.3. The van der Waals surface area contributed by atoms with Crippen molar-refractivity contribution in [1.29, 1.82) is 0 Å². The summed E-state index contributed by atoms with van der Waals surface area (Å²) in [5.41, 5.74) is 7.51. The molecule has 0 radical (unpaired) electrons. The third-order valence-corrected chi connectivity index (χ3v) is 4.93. The molecule has 0 aliphatic rings. The van der Waals surface area contributed by atoms with E-state index >= 15 is 0 Å². The minimum Gasteiger partial charge on any atom is -0.366 e. The summed E-state index contributed by atoms with van der Waals surface area (Å²) in [6, 6.07) is 9.20. The first kappa shape index (κ1) is 16.9. The molecule has 1 aromatic carbocycles. The molecular weight excluding hydrogens is 412 g/mol. The number of halogens is 2. The maximum Gasteiger partial charge on any atom is 0.250 e. The van der Waals surface area contributed by atoms with Gasteiger partial charge in [0.15, 0.2) is 0 Å². The molecule has 2 aromatic heterocycles. The number of nitrogens with one attached hydrogen (secondary N) is 1. The largest absolute Gasteiger partial charge is 0.366 e. The van der Waals surface area contributed by atoms with Crippen molar-refractivity contribution in [2.75, 3.05) is 5.32 Å². The fourth-order valence-electron chi connectivity index (χ4n) is 2.01. The predicted octanol–water partition coefficient (Wildman–Crippen LogP) is 4.33. The number of nitrogens with two attached hydrogens (primary N) is 1. The zero-order chi connectivity index (χ0) is 17.1. The molecule has 0 atom stereocenters. The van der Waals surface area contributed by atoms with Gasteiger partial charge < -0.3 is 11.1 Å². The molecule has 0 saturated carbocycles. The Kier molecular flexibility index (Phi) is 5.13. The van der Waals surface area contributed by atoms with Crippen LogP contribution in [0.5, 0.6) is 0 Å². The molecule has 8 heteroatoms. The van der Waals surface area contributed by atoms with Crippen molar-refractivity contribution < 1.29 is 4.79 Å². The van der Waals surface area contributed by atoms with E-state index in [4.69, 9.17) is 17.3 Å². The Hall–Kier alpha value is -1.96. The van der Waals surface area contributed by atoms with Crippen molar-refractivity contribution in [2.45, 2.75) is 6.54 Å². The van der Waals surface area contributed by atoms with Crippen LogP contribution in [0.25, 0.3) is 11.3 Å². The molecule has 122 valence electrons. The fourth-order valence-corrected chi connectivity index (χ4v) is 3.37. The number of nitrogens with zero attached hydrogens (tertiary/aromatic N) is 2. The lowest BCUT2D eigenvalue weighted by Gasteiger charge is -2.06. The van der Waals surface area contributed by atoms with Crippen LogP contribution in [0.2, 0.25) is 5.02 Å². The summed E-state index contributed by atoms with van der Waals surface area (Å²) in [6.07, 6.45) is 1.44. The van der Waals surface area contributed by atoms with Gasteiger partial charge in [0.2, 0.25) is 5.91 Å². The normalized spacial score (nSPS) is 10.6. The number of pyridine rings is 1. The van der Waals surface area contributed by atoms with Crippen LogP contribution in [0, 0.1) is 0 Å². The zero-order valence-corrected chi connectivity index (χ0v) is 15.5. The monoisotopic (exact) mass is 422 g/mol. The average Bonchev–Trinajstić information content (AvgIpc) is 3.03. The summed E-state index contributed by atoms with van der Waals surface area (Å²) in [7, 11) is 0. The van der Waals surface area contributed by atoms with Gasteiger partial charge in [0.25, 0.3) is 0 Å². The number of amides is 1. The molecule has 0 fully saturated rings. The van der Waals surface area contributed by atoms with Gasteiger partial charge in [-0.1, -0.05) is 23.7 Å². The lowest BCUT2D eigenvalue weighted by Crippen LogP contribution is -2.12. The standard InChI is InChI=1S/C16H12BrClN4OS/c17-12-5-10(15(19)23)6-20-16(12)21-7-14-22-13(8-24-14)9-1-3-11(18)4-2-9/h1-6,8H,7H2,(H2,19,23)(H,20,21). The van der Waals surface area contributed by atoms with Gasteiger partial charge in [-0.2, -0.15) is 0 Å². The molecule has 3 N–H and O–H groups in total. The van der Waals surface area contributed by atoms with Crippen LogP contribution in [-0.2, 0) is 6.54 Å². The number of aromatic nitrogens is 2. The number of hydrogen-bond donors (Lipinski definition) is 2. The van der Waals surface area contributed by atoms with E-state index in [9.17, 15) is 4.79 Å². The number of carbonyl (C=O) groups is 1. The number of carbonyl (C=O) groups excluding carboxylic acids is 1. The number of anilines is 1. The summed E-state index contributed by atoms with van der Waals surface area (Å²) < 4.78 is 0.674. The number of rotatable bonds is 5. The highest BCUT2D eigenvalue weighted by molar-refractivity contribution is 9.10. The van der Waals surface area contributed by atoms with E-state index in [1.54, 1.807) is 17.4 Å².